The molecule has 1 heterocycles. The number of phenols is 1. The van der Waals surface area contributed by atoms with E-state index in [1.165, 1.54) is 12.1 Å². The number of aromatic hydroxyl groups is 1. The highest BCUT2D eigenvalue weighted by atomic mass is 35.5. The molecule has 0 aliphatic rings. The van der Waals surface area contributed by atoms with Crippen LogP contribution in [0.3, 0.4) is 0 Å². The fourth-order valence-electron chi connectivity index (χ4n) is 4.50. The lowest BCUT2D eigenvalue weighted by atomic mass is 10.1. The summed E-state index contributed by atoms with van der Waals surface area (Å²) in [5, 5.41) is 30.7. The van der Waals surface area contributed by atoms with Gasteiger partial charge in [0.05, 0.1) is 29.1 Å². The van der Waals surface area contributed by atoms with Crippen LogP contribution in [0.25, 0.3) is 10.8 Å². The van der Waals surface area contributed by atoms with Crippen LogP contribution in [0.5, 0.6) is 5.75 Å². The van der Waals surface area contributed by atoms with Crippen molar-refractivity contribution in [2.45, 2.75) is 24.7 Å². The molecule has 0 atom stereocenters. The van der Waals surface area contributed by atoms with Gasteiger partial charge in [0.25, 0.3) is 10.1 Å². The van der Waals surface area contributed by atoms with Crippen molar-refractivity contribution >= 4 is 83.0 Å². The van der Waals surface area contributed by atoms with Crippen molar-refractivity contribution < 1.29 is 35.2 Å². The van der Waals surface area contributed by atoms with E-state index in [4.69, 9.17) is 21.9 Å². The largest absolute Gasteiger partial charge is 0.505 e. The number of nitrogen functional groups attached to an aromatic ring is 1. The normalized spacial score (nSPS) is 12.3. The highest BCUT2D eigenvalue weighted by Crippen LogP contribution is 2.46. The molecule has 0 radical (unpaired) electrons. The maximum atomic E-state index is 12.3. The van der Waals surface area contributed by atoms with Crippen molar-refractivity contribution in [2.75, 3.05) is 17.7 Å². The Labute approximate surface area is 284 Å². The average molecular weight is 728 g/mol. The van der Waals surface area contributed by atoms with Crippen LogP contribution < -0.4 is 11.1 Å². The van der Waals surface area contributed by atoms with Crippen LogP contribution >= 0.6 is 11.6 Å². The zero-order chi connectivity index (χ0) is 35.3. The van der Waals surface area contributed by atoms with Crippen molar-refractivity contribution in [3.05, 3.63) is 83.4 Å². The molecule has 20 heteroatoms. The summed E-state index contributed by atoms with van der Waals surface area (Å²) in [7, 11) is -9.37. The fraction of sp³-hybridized carbons (Fsp3) is 0.138. The van der Waals surface area contributed by atoms with Crippen LogP contribution in [-0.2, 0) is 31.1 Å². The molecule has 0 saturated carbocycles. The fourth-order valence-corrected chi connectivity index (χ4v) is 5.69. The van der Waals surface area contributed by atoms with Gasteiger partial charge >= 0.3 is 10.4 Å². The Morgan fingerprint density at radius 3 is 2.33 bits per heavy atom. The number of nitrogens with two attached hydrogens (primary N) is 1. The lowest BCUT2D eigenvalue weighted by Crippen LogP contribution is -2.05. The standard InChI is InChI=1S/C29H26ClN9O8S2/c1-16-32-28(30)35-29(33-16)34-20-5-2-6-21(15-20)37-39-26-23(48(41,42)43)14-18-9-12-22(25(31)24(18)27(26)40)38-36-19-10-7-17(8-11-19)4-3-13-47-49(44,45)46/h2,5-12,14-15,40H,3-4,13,31H2,1H3,(H,41,42,43)(H,44,45,46)(H,32,33,34,35)/b38-36+,39-37+. The molecular formula is C29H26ClN9O8S2. The Morgan fingerprint density at radius 1 is 0.898 bits per heavy atom. The topological polar surface area (TPSA) is 264 Å². The van der Waals surface area contributed by atoms with Crippen molar-refractivity contribution in [1.29, 1.82) is 0 Å². The molecule has 0 amide bonds. The van der Waals surface area contributed by atoms with E-state index in [-0.39, 0.29) is 45.7 Å². The molecule has 0 aliphatic carbocycles. The first-order chi connectivity index (χ1) is 23.2. The Bertz CT molecular complexity index is 2300. The van der Waals surface area contributed by atoms with Crippen LogP contribution in [0, 0.1) is 6.92 Å². The Balaban J connectivity index is 1.41. The number of fused-ring (bicyclic) bond motifs is 1. The smallest absolute Gasteiger partial charge is 0.397 e. The molecule has 17 nitrogen and oxygen atoms in total. The third-order valence-corrected chi connectivity index (χ3v) is 8.15. The van der Waals surface area contributed by atoms with E-state index in [2.05, 4.69) is 44.9 Å². The molecule has 254 valence electrons. The summed E-state index contributed by atoms with van der Waals surface area (Å²) in [6.07, 6.45) is 0.826. The van der Waals surface area contributed by atoms with Gasteiger partial charge in [0.15, 0.2) is 5.75 Å². The molecule has 6 N–H and O–H groups in total. The summed E-state index contributed by atoms with van der Waals surface area (Å²) in [5.41, 5.74) is 7.90. The molecular weight excluding hydrogens is 702 g/mol. The van der Waals surface area contributed by atoms with Gasteiger partial charge in [-0.1, -0.05) is 24.3 Å². The van der Waals surface area contributed by atoms with Gasteiger partial charge in [-0.2, -0.15) is 37.0 Å². The minimum atomic E-state index is -4.88. The van der Waals surface area contributed by atoms with E-state index in [0.717, 1.165) is 11.6 Å². The molecule has 0 saturated heterocycles. The highest BCUT2D eigenvalue weighted by Gasteiger charge is 2.24. The first-order valence-corrected chi connectivity index (χ1v) is 17.2. The minimum absolute atomic E-state index is 0.00207. The van der Waals surface area contributed by atoms with Crippen LogP contribution in [0.15, 0.2) is 92.1 Å². The number of phenolic OH excluding ortho intramolecular Hbond substituents is 1. The summed E-state index contributed by atoms with van der Waals surface area (Å²) < 4.78 is 68.8. The van der Waals surface area contributed by atoms with Crippen molar-refractivity contribution in [3.8, 4) is 5.75 Å². The van der Waals surface area contributed by atoms with Gasteiger partial charge < -0.3 is 16.2 Å². The van der Waals surface area contributed by atoms with Crippen molar-refractivity contribution in [2.24, 2.45) is 20.5 Å². The van der Waals surface area contributed by atoms with Crippen molar-refractivity contribution in [3.63, 3.8) is 0 Å². The Hall–Kier alpha value is -5.18. The lowest BCUT2D eigenvalue weighted by Gasteiger charge is -2.12. The molecule has 4 aromatic carbocycles. The summed E-state index contributed by atoms with van der Waals surface area (Å²) in [5.74, 6) is -0.104. The molecule has 5 aromatic rings. The van der Waals surface area contributed by atoms with Crippen LogP contribution in [0.1, 0.15) is 17.8 Å². The number of halogens is 1. The molecule has 0 fully saturated rings. The van der Waals surface area contributed by atoms with Crippen molar-refractivity contribution in [1.82, 2.24) is 15.0 Å². The van der Waals surface area contributed by atoms with E-state index >= 15 is 0 Å². The summed E-state index contributed by atoms with van der Waals surface area (Å²) >= 11 is 5.90. The number of hydrogen-bond donors (Lipinski definition) is 5. The second-order valence-electron chi connectivity index (χ2n) is 10.2. The van der Waals surface area contributed by atoms with Gasteiger partial charge in [-0.25, -0.2) is 9.17 Å². The predicted octanol–water partition coefficient (Wildman–Crippen LogP) is 6.85. The van der Waals surface area contributed by atoms with Gasteiger partial charge in [0, 0.05) is 5.69 Å². The third-order valence-electron chi connectivity index (χ3n) is 6.65. The minimum Gasteiger partial charge on any atom is -0.505 e. The number of rotatable bonds is 12. The number of azo groups is 2. The lowest BCUT2D eigenvalue weighted by molar-refractivity contribution is 0.265. The molecule has 49 heavy (non-hydrogen) atoms. The zero-order valence-electron chi connectivity index (χ0n) is 25.3. The SMILES string of the molecule is Cc1nc(Cl)nc(Nc2cccc(/N=N/c3c(S(=O)(=O)O)cc4ccc(/N=N/c5ccc(CCCOS(=O)(=O)O)cc5)c(N)c4c3O)c2)n1. The van der Waals surface area contributed by atoms with Crippen LogP contribution in [0.4, 0.5) is 40.1 Å². The van der Waals surface area contributed by atoms with E-state index in [0.29, 0.717) is 30.0 Å². The van der Waals surface area contributed by atoms with Crippen LogP contribution in [0.2, 0.25) is 5.28 Å². The van der Waals surface area contributed by atoms with Gasteiger partial charge in [-0.05, 0) is 84.8 Å². The number of aromatic nitrogens is 3. The maximum Gasteiger partial charge on any atom is 0.397 e. The van der Waals surface area contributed by atoms with E-state index in [9.17, 15) is 26.5 Å². The number of anilines is 3. The summed E-state index contributed by atoms with van der Waals surface area (Å²) in [6.45, 7) is 1.47. The van der Waals surface area contributed by atoms with Gasteiger partial charge in [-0.3, -0.25) is 9.11 Å². The number of benzene rings is 4. The van der Waals surface area contributed by atoms with E-state index in [1.54, 1.807) is 55.5 Å². The zero-order valence-corrected chi connectivity index (χ0v) is 27.6. The molecule has 0 bridgehead atoms. The second-order valence-corrected chi connectivity index (χ2v) is 13.0. The molecule has 0 spiro atoms. The van der Waals surface area contributed by atoms with Gasteiger partial charge in [0.2, 0.25) is 11.2 Å². The summed E-state index contributed by atoms with van der Waals surface area (Å²) in [4.78, 5) is 11.3. The summed E-state index contributed by atoms with van der Waals surface area (Å²) in [6, 6.07) is 17.2. The number of hydrogen-bond acceptors (Lipinski definition) is 15. The van der Waals surface area contributed by atoms with Gasteiger partial charge in [0.1, 0.15) is 22.1 Å². The van der Waals surface area contributed by atoms with E-state index < -0.39 is 36.8 Å². The van der Waals surface area contributed by atoms with Crippen LogP contribution in [-0.4, -0.2) is 52.6 Å². The number of aryl methyl sites for hydroxylation is 2. The van der Waals surface area contributed by atoms with E-state index in [1.807, 2.05) is 0 Å². The first-order valence-electron chi connectivity index (χ1n) is 14.0. The molecule has 5 rings (SSSR count). The quantitative estimate of drug-likeness (QED) is 0.0381. The Kier molecular flexibility index (Phi) is 10.4. The third kappa shape index (κ3) is 9.25. The van der Waals surface area contributed by atoms with Gasteiger partial charge in [-0.15, -0.1) is 10.2 Å². The first kappa shape index (κ1) is 35.1. The number of nitrogens with zero attached hydrogens (tertiary/aromatic N) is 7. The number of nitrogens with one attached hydrogen (secondary N) is 1. The highest BCUT2D eigenvalue weighted by molar-refractivity contribution is 7.86. The Morgan fingerprint density at radius 2 is 1.63 bits per heavy atom. The second kappa shape index (κ2) is 14.5. The molecule has 1 aromatic heterocycles. The maximum absolute atomic E-state index is 12.3. The monoisotopic (exact) mass is 727 g/mol. The average Bonchev–Trinajstić information content (AvgIpc) is 3.01. The molecule has 0 unspecified atom stereocenters. The predicted molar refractivity (Wildman–Crippen MR) is 180 cm³/mol. The molecule has 0 aliphatic heterocycles.